The molecule has 21 heavy (non-hydrogen) atoms. The SMILES string of the molecule is C[C@@H](N)c1ccccc1Oc1cc(Cl)c(Cl)cc1[N+](=O)[O-]. The van der Waals surface area contributed by atoms with Crippen molar-refractivity contribution in [3.63, 3.8) is 0 Å². The van der Waals surface area contributed by atoms with Gasteiger partial charge in [-0.25, -0.2) is 0 Å². The highest BCUT2D eigenvalue weighted by Gasteiger charge is 2.20. The molecule has 2 aromatic rings. The van der Waals surface area contributed by atoms with E-state index in [1.165, 1.54) is 6.07 Å². The van der Waals surface area contributed by atoms with Gasteiger partial charge in [0, 0.05) is 23.7 Å². The van der Waals surface area contributed by atoms with Crippen LogP contribution in [0.4, 0.5) is 5.69 Å². The third-order valence-electron chi connectivity index (χ3n) is 2.83. The topological polar surface area (TPSA) is 78.4 Å². The summed E-state index contributed by atoms with van der Waals surface area (Å²) in [5.41, 5.74) is 6.33. The van der Waals surface area contributed by atoms with E-state index < -0.39 is 4.92 Å². The molecule has 0 spiro atoms. The lowest BCUT2D eigenvalue weighted by atomic mass is 10.1. The maximum absolute atomic E-state index is 11.1. The van der Waals surface area contributed by atoms with Crippen LogP contribution in [-0.4, -0.2) is 4.92 Å². The highest BCUT2D eigenvalue weighted by Crippen LogP contribution is 2.39. The van der Waals surface area contributed by atoms with Gasteiger partial charge in [0.15, 0.2) is 0 Å². The van der Waals surface area contributed by atoms with Gasteiger partial charge in [-0.05, 0) is 13.0 Å². The lowest BCUT2D eigenvalue weighted by molar-refractivity contribution is -0.385. The monoisotopic (exact) mass is 326 g/mol. The Bertz CT molecular complexity index is 690. The molecule has 0 aliphatic heterocycles. The predicted octanol–water partition coefficient (Wildman–Crippen LogP) is 4.71. The van der Waals surface area contributed by atoms with Gasteiger partial charge < -0.3 is 10.5 Å². The minimum atomic E-state index is -0.577. The number of hydrogen-bond donors (Lipinski definition) is 1. The fraction of sp³-hybridized carbons (Fsp3) is 0.143. The van der Waals surface area contributed by atoms with Crippen LogP contribution in [0.25, 0.3) is 0 Å². The molecule has 0 aromatic heterocycles. The molecule has 0 amide bonds. The van der Waals surface area contributed by atoms with Gasteiger partial charge in [0.1, 0.15) is 5.75 Å². The number of nitrogens with zero attached hydrogens (tertiary/aromatic N) is 1. The molecule has 0 aliphatic carbocycles. The van der Waals surface area contributed by atoms with E-state index in [4.69, 9.17) is 33.7 Å². The molecule has 0 unspecified atom stereocenters. The Kier molecular flexibility index (Phi) is 4.67. The van der Waals surface area contributed by atoms with Crippen molar-refractivity contribution in [2.45, 2.75) is 13.0 Å². The molecule has 0 heterocycles. The van der Waals surface area contributed by atoms with E-state index in [2.05, 4.69) is 0 Å². The lowest BCUT2D eigenvalue weighted by Gasteiger charge is -2.14. The van der Waals surface area contributed by atoms with Crippen LogP contribution in [0.15, 0.2) is 36.4 Å². The number of nitro groups is 1. The molecule has 0 fully saturated rings. The van der Waals surface area contributed by atoms with Gasteiger partial charge in [-0.1, -0.05) is 41.4 Å². The first kappa shape index (κ1) is 15.6. The molecule has 0 radical (unpaired) electrons. The molecule has 2 N–H and O–H groups in total. The quantitative estimate of drug-likeness (QED) is 0.651. The van der Waals surface area contributed by atoms with Crippen LogP contribution in [0.3, 0.4) is 0 Å². The highest BCUT2D eigenvalue weighted by molar-refractivity contribution is 6.42. The molecule has 1 atom stereocenters. The summed E-state index contributed by atoms with van der Waals surface area (Å²) in [6, 6.07) is 9.25. The van der Waals surface area contributed by atoms with Crippen LogP contribution in [0.2, 0.25) is 10.0 Å². The summed E-state index contributed by atoms with van der Waals surface area (Å²) in [6.07, 6.45) is 0. The van der Waals surface area contributed by atoms with Crippen LogP contribution in [-0.2, 0) is 0 Å². The zero-order valence-corrected chi connectivity index (χ0v) is 12.6. The number of halogens is 2. The number of para-hydroxylation sites is 1. The second-order valence-corrected chi connectivity index (χ2v) is 5.23. The Balaban J connectivity index is 2.49. The first-order chi connectivity index (χ1) is 9.90. The molecule has 7 heteroatoms. The number of hydrogen-bond acceptors (Lipinski definition) is 4. The summed E-state index contributed by atoms with van der Waals surface area (Å²) >= 11 is 11.7. The molecule has 110 valence electrons. The normalized spacial score (nSPS) is 12.0. The molecular formula is C14H12Cl2N2O3. The van der Waals surface area contributed by atoms with Gasteiger partial charge in [-0.3, -0.25) is 10.1 Å². The van der Waals surface area contributed by atoms with E-state index in [9.17, 15) is 10.1 Å². The molecule has 0 bridgehead atoms. The zero-order valence-electron chi connectivity index (χ0n) is 11.0. The predicted molar refractivity (Wildman–Crippen MR) is 82.2 cm³/mol. The molecular weight excluding hydrogens is 315 g/mol. The Morgan fingerprint density at radius 3 is 2.43 bits per heavy atom. The molecule has 2 aromatic carbocycles. The van der Waals surface area contributed by atoms with E-state index >= 15 is 0 Å². The maximum Gasteiger partial charge on any atom is 0.313 e. The van der Waals surface area contributed by atoms with Gasteiger partial charge in [-0.2, -0.15) is 0 Å². The van der Waals surface area contributed by atoms with Crippen molar-refractivity contribution >= 4 is 28.9 Å². The Labute approximate surface area is 131 Å². The van der Waals surface area contributed by atoms with E-state index in [0.29, 0.717) is 5.75 Å². The van der Waals surface area contributed by atoms with E-state index in [-0.39, 0.29) is 27.5 Å². The summed E-state index contributed by atoms with van der Waals surface area (Å²) in [7, 11) is 0. The second-order valence-electron chi connectivity index (χ2n) is 4.42. The number of nitro benzene ring substituents is 1. The highest BCUT2D eigenvalue weighted by atomic mass is 35.5. The summed E-state index contributed by atoms with van der Waals surface area (Å²) in [5.74, 6) is 0.455. The fourth-order valence-corrected chi connectivity index (χ4v) is 2.12. The standard InChI is InChI=1S/C14H12Cl2N2O3/c1-8(17)9-4-2-3-5-13(9)21-14-7-11(16)10(15)6-12(14)18(19)20/h2-8H,17H2,1H3/t8-/m1/s1. The van der Waals surface area contributed by atoms with Crippen molar-refractivity contribution in [2.24, 2.45) is 5.73 Å². The molecule has 0 saturated carbocycles. The van der Waals surface area contributed by atoms with Crippen LogP contribution < -0.4 is 10.5 Å². The Hall–Kier alpha value is -1.82. The first-order valence-electron chi connectivity index (χ1n) is 6.06. The smallest absolute Gasteiger partial charge is 0.313 e. The average Bonchev–Trinajstić information content (AvgIpc) is 2.42. The Morgan fingerprint density at radius 2 is 1.81 bits per heavy atom. The average molecular weight is 327 g/mol. The number of benzene rings is 2. The lowest BCUT2D eigenvalue weighted by Crippen LogP contribution is -2.06. The Morgan fingerprint density at radius 1 is 1.19 bits per heavy atom. The maximum atomic E-state index is 11.1. The molecule has 0 aliphatic rings. The fourth-order valence-electron chi connectivity index (χ4n) is 1.81. The number of nitrogens with two attached hydrogens (primary N) is 1. The summed E-state index contributed by atoms with van der Waals surface area (Å²) in [6.45, 7) is 1.80. The third-order valence-corrected chi connectivity index (χ3v) is 3.55. The van der Waals surface area contributed by atoms with Crippen molar-refractivity contribution in [2.75, 3.05) is 0 Å². The van der Waals surface area contributed by atoms with Crippen molar-refractivity contribution in [1.82, 2.24) is 0 Å². The van der Waals surface area contributed by atoms with Gasteiger partial charge in [-0.15, -0.1) is 0 Å². The summed E-state index contributed by atoms with van der Waals surface area (Å²) in [4.78, 5) is 10.5. The third kappa shape index (κ3) is 3.44. The van der Waals surface area contributed by atoms with Crippen LogP contribution in [0.1, 0.15) is 18.5 Å². The molecule has 0 saturated heterocycles. The largest absolute Gasteiger partial charge is 0.450 e. The van der Waals surface area contributed by atoms with Gasteiger partial charge in [0.2, 0.25) is 5.75 Å². The van der Waals surface area contributed by atoms with Gasteiger partial charge >= 0.3 is 5.69 Å². The van der Waals surface area contributed by atoms with Crippen molar-refractivity contribution in [1.29, 1.82) is 0 Å². The summed E-state index contributed by atoms with van der Waals surface area (Å²) in [5, 5.41) is 11.4. The van der Waals surface area contributed by atoms with Gasteiger partial charge in [0.05, 0.1) is 15.0 Å². The van der Waals surface area contributed by atoms with Crippen molar-refractivity contribution < 1.29 is 9.66 Å². The minimum Gasteiger partial charge on any atom is -0.450 e. The summed E-state index contributed by atoms with van der Waals surface area (Å²) < 4.78 is 5.63. The van der Waals surface area contributed by atoms with Crippen LogP contribution in [0.5, 0.6) is 11.5 Å². The van der Waals surface area contributed by atoms with Crippen LogP contribution in [0, 0.1) is 10.1 Å². The number of rotatable bonds is 4. The number of ether oxygens (including phenoxy) is 1. The molecule has 2 rings (SSSR count). The first-order valence-corrected chi connectivity index (χ1v) is 6.81. The van der Waals surface area contributed by atoms with E-state index in [1.807, 2.05) is 6.07 Å². The van der Waals surface area contributed by atoms with Crippen molar-refractivity contribution in [3.8, 4) is 11.5 Å². The second kappa shape index (κ2) is 6.30. The van der Waals surface area contributed by atoms with Gasteiger partial charge in [0.25, 0.3) is 0 Å². The minimum absolute atomic E-state index is 0.0162. The van der Waals surface area contributed by atoms with E-state index in [0.717, 1.165) is 11.6 Å². The van der Waals surface area contributed by atoms with E-state index in [1.54, 1.807) is 25.1 Å². The zero-order chi connectivity index (χ0) is 15.6. The van der Waals surface area contributed by atoms with Crippen LogP contribution >= 0.6 is 23.2 Å². The molecule has 5 nitrogen and oxygen atoms in total. The van der Waals surface area contributed by atoms with Crippen molar-refractivity contribution in [3.05, 3.63) is 62.1 Å².